The van der Waals surface area contributed by atoms with E-state index in [-0.39, 0.29) is 24.8 Å². The summed E-state index contributed by atoms with van der Waals surface area (Å²) in [6, 6.07) is 4.24. The fraction of sp³-hybridized carbons (Fsp3) is 0.688. The first-order valence-electron chi connectivity index (χ1n) is 7.74. The summed E-state index contributed by atoms with van der Waals surface area (Å²) in [7, 11) is 0. The molecule has 1 aromatic rings. The molecule has 1 aliphatic heterocycles. The van der Waals surface area contributed by atoms with Crippen molar-refractivity contribution in [3.05, 3.63) is 30.1 Å². The summed E-state index contributed by atoms with van der Waals surface area (Å²) in [4.78, 5) is 6.98. The quantitative estimate of drug-likeness (QED) is 0.922. The lowest BCUT2D eigenvalue weighted by Gasteiger charge is -2.50. The summed E-state index contributed by atoms with van der Waals surface area (Å²) in [5.74, 6) is 0. The van der Waals surface area contributed by atoms with Crippen molar-refractivity contribution in [2.24, 2.45) is 0 Å². The van der Waals surface area contributed by atoms with Gasteiger partial charge in [-0.2, -0.15) is 0 Å². The number of nitrogens with one attached hydrogen (secondary N) is 1. The second kappa shape index (κ2) is 8.94. The van der Waals surface area contributed by atoms with E-state index in [9.17, 15) is 0 Å². The molecule has 1 aliphatic carbocycles. The molecule has 1 spiro atoms. The third-order valence-electron chi connectivity index (χ3n) is 4.86. The Bertz CT molecular complexity index is 386. The SMILES string of the molecule is Cl.Cl.c1cncc(CCN2CCNCC23CCCCC3)c1. The summed E-state index contributed by atoms with van der Waals surface area (Å²) in [6.45, 7) is 4.74. The fourth-order valence-corrected chi connectivity index (χ4v) is 3.75. The smallest absolute Gasteiger partial charge is 0.0334 e. The number of rotatable bonds is 3. The molecule has 3 rings (SSSR count). The average molecular weight is 332 g/mol. The molecule has 1 saturated carbocycles. The topological polar surface area (TPSA) is 28.2 Å². The van der Waals surface area contributed by atoms with Gasteiger partial charge < -0.3 is 5.32 Å². The van der Waals surface area contributed by atoms with Crippen LogP contribution in [0.4, 0.5) is 0 Å². The van der Waals surface area contributed by atoms with Crippen LogP contribution in [0.25, 0.3) is 0 Å². The first-order valence-corrected chi connectivity index (χ1v) is 7.74. The van der Waals surface area contributed by atoms with Crippen LogP contribution in [0.5, 0.6) is 0 Å². The van der Waals surface area contributed by atoms with Gasteiger partial charge in [0.1, 0.15) is 0 Å². The zero-order valence-corrected chi connectivity index (χ0v) is 14.2. The Labute approximate surface area is 140 Å². The highest BCUT2D eigenvalue weighted by molar-refractivity contribution is 5.85. The molecule has 2 heterocycles. The Hall–Kier alpha value is -0.350. The average Bonchev–Trinajstić information content (AvgIpc) is 2.48. The first kappa shape index (κ1) is 18.7. The highest BCUT2D eigenvalue weighted by Gasteiger charge is 2.39. The minimum absolute atomic E-state index is 0. The monoisotopic (exact) mass is 331 g/mol. The number of hydrogen-bond acceptors (Lipinski definition) is 3. The molecule has 2 aliphatic rings. The third-order valence-corrected chi connectivity index (χ3v) is 4.86. The van der Waals surface area contributed by atoms with E-state index in [1.807, 2.05) is 18.5 Å². The molecule has 0 aromatic carbocycles. The number of halogens is 2. The molecule has 2 fully saturated rings. The van der Waals surface area contributed by atoms with Gasteiger partial charge in [-0.25, -0.2) is 0 Å². The van der Waals surface area contributed by atoms with Gasteiger partial charge in [-0.05, 0) is 30.9 Å². The molecule has 21 heavy (non-hydrogen) atoms. The molecular formula is C16H27Cl2N3. The molecule has 120 valence electrons. The van der Waals surface area contributed by atoms with Crippen LogP contribution in [-0.2, 0) is 6.42 Å². The predicted octanol–water partition coefficient (Wildman–Crippen LogP) is 3.08. The highest BCUT2D eigenvalue weighted by Crippen LogP contribution is 2.34. The van der Waals surface area contributed by atoms with Crippen molar-refractivity contribution in [2.45, 2.75) is 44.1 Å². The van der Waals surface area contributed by atoms with Gasteiger partial charge in [-0.15, -0.1) is 24.8 Å². The molecule has 3 nitrogen and oxygen atoms in total. The van der Waals surface area contributed by atoms with Gasteiger partial charge in [-0.1, -0.05) is 25.3 Å². The van der Waals surface area contributed by atoms with Crippen molar-refractivity contribution in [3.63, 3.8) is 0 Å². The molecule has 0 amide bonds. The van der Waals surface area contributed by atoms with Crippen molar-refractivity contribution >= 4 is 24.8 Å². The zero-order valence-electron chi connectivity index (χ0n) is 12.6. The molecule has 1 N–H and O–H groups in total. The molecule has 1 aromatic heterocycles. The first-order chi connectivity index (χ1) is 9.39. The maximum absolute atomic E-state index is 4.22. The van der Waals surface area contributed by atoms with Crippen LogP contribution in [0.2, 0.25) is 0 Å². The lowest BCUT2D eigenvalue weighted by atomic mass is 9.79. The van der Waals surface area contributed by atoms with Crippen LogP contribution >= 0.6 is 24.8 Å². The van der Waals surface area contributed by atoms with Gasteiger partial charge in [0.05, 0.1) is 0 Å². The van der Waals surface area contributed by atoms with Crippen LogP contribution in [0, 0.1) is 0 Å². The zero-order chi connectivity index (χ0) is 13.0. The van der Waals surface area contributed by atoms with E-state index in [2.05, 4.69) is 21.3 Å². The van der Waals surface area contributed by atoms with E-state index in [1.54, 1.807) is 0 Å². The van der Waals surface area contributed by atoms with Gasteiger partial charge in [0.25, 0.3) is 0 Å². The standard InChI is InChI=1S/C16H25N3.2ClH/c1-2-7-16(8-3-1)14-18-10-12-19(16)11-6-15-5-4-9-17-13-15;;/h4-5,9,13,18H,1-3,6-8,10-12,14H2;2*1H. The Kier molecular flexibility index (Phi) is 7.96. The highest BCUT2D eigenvalue weighted by atomic mass is 35.5. The number of nitrogens with zero attached hydrogens (tertiary/aromatic N) is 2. The lowest BCUT2D eigenvalue weighted by Crippen LogP contribution is -2.62. The Morgan fingerprint density at radius 1 is 1.19 bits per heavy atom. The lowest BCUT2D eigenvalue weighted by molar-refractivity contribution is 0.0286. The maximum Gasteiger partial charge on any atom is 0.0334 e. The summed E-state index contributed by atoms with van der Waals surface area (Å²) >= 11 is 0. The van der Waals surface area contributed by atoms with Gasteiger partial charge in [0.2, 0.25) is 0 Å². The Morgan fingerprint density at radius 3 is 2.71 bits per heavy atom. The molecular weight excluding hydrogens is 305 g/mol. The number of hydrogen-bond donors (Lipinski definition) is 1. The molecule has 1 saturated heterocycles. The van der Waals surface area contributed by atoms with Gasteiger partial charge in [-0.3, -0.25) is 9.88 Å². The second-order valence-corrected chi connectivity index (χ2v) is 6.06. The summed E-state index contributed by atoms with van der Waals surface area (Å²) < 4.78 is 0. The number of aromatic nitrogens is 1. The van der Waals surface area contributed by atoms with Gasteiger partial charge in [0, 0.05) is 44.1 Å². The van der Waals surface area contributed by atoms with Crippen LogP contribution in [0.15, 0.2) is 24.5 Å². The molecule has 0 atom stereocenters. The van der Waals surface area contributed by atoms with Gasteiger partial charge in [0.15, 0.2) is 0 Å². The maximum atomic E-state index is 4.22. The number of pyridine rings is 1. The molecule has 5 heteroatoms. The van der Waals surface area contributed by atoms with Crippen molar-refractivity contribution in [1.29, 1.82) is 0 Å². The van der Waals surface area contributed by atoms with Crippen molar-refractivity contribution in [1.82, 2.24) is 15.2 Å². The summed E-state index contributed by atoms with van der Waals surface area (Å²) in [5.41, 5.74) is 1.82. The van der Waals surface area contributed by atoms with Crippen LogP contribution < -0.4 is 5.32 Å². The van der Waals surface area contributed by atoms with Crippen LogP contribution in [0.3, 0.4) is 0 Å². The minimum Gasteiger partial charge on any atom is -0.314 e. The fourth-order valence-electron chi connectivity index (χ4n) is 3.75. The van der Waals surface area contributed by atoms with E-state index >= 15 is 0 Å². The van der Waals surface area contributed by atoms with Gasteiger partial charge >= 0.3 is 0 Å². The second-order valence-electron chi connectivity index (χ2n) is 6.06. The van der Waals surface area contributed by atoms with Crippen molar-refractivity contribution in [3.8, 4) is 0 Å². The normalized spacial score (nSPS) is 21.3. The largest absolute Gasteiger partial charge is 0.314 e. The molecule has 0 radical (unpaired) electrons. The van der Waals surface area contributed by atoms with Crippen molar-refractivity contribution < 1.29 is 0 Å². The minimum atomic E-state index is 0. The van der Waals surface area contributed by atoms with Crippen LogP contribution in [-0.4, -0.2) is 41.6 Å². The molecule has 0 bridgehead atoms. The molecule has 0 unspecified atom stereocenters. The Balaban J connectivity index is 0.00000110. The number of piperazine rings is 1. The van der Waals surface area contributed by atoms with Crippen molar-refractivity contribution in [2.75, 3.05) is 26.2 Å². The van der Waals surface area contributed by atoms with E-state index in [0.717, 1.165) is 13.0 Å². The third kappa shape index (κ3) is 4.56. The van der Waals surface area contributed by atoms with E-state index in [0.29, 0.717) is 5.54 Å². The van der Waals surface area contributed by atoms with Crippen LogP contribution in [0.1, 0.15) is 37.7 Å². The van der Waals surface area contributed by atoms with E-state index in [1.165, 1.54) is 57.3 Å². The summed E-state index contributed by atoms with van der Waals surface area (Å²) in [6.07, 6.45) is 12.0. The predicted molar refractivity (Wildman–Crippen MR) is 92.7 cm³/mol. The van der Waals surface area contributed by atoms with E-state index < -0.39 is 0 Å². The summed E-state index contributed by atoms with van der Waals surface area (Å²) in [5, 5.41) is 3.62. The van der Waals surface area contributed by atoms with E-state index in [4.69, 9.17) is 0 Å². The Morgan fingerprint density at radius 2 is 2.00 bits per heavy atom.